The molecule has 1 unspecified atom stereocenters. The van der Waals surface area contributed by atoms with Crippen molar-refractivity contribution in [1.29, 1.82) is 0 Å². The number of hydrogen-bond donors (Lipinski definition) is 5. The second kappa shape index (κ2) is 32.8. The van der Waals surface area contributed by atoms with Crippen LogP contribution in [0.25, 0.3) is 0 Å². The number of likely N-dealkylation sites (N-methyl/N-ethyl adjacent to an activating group) is 2. The van der Waals surface area contributed by atoms with Crippen LogP contribution in [0.4, 0.5) is 15.3 Å². The molecule has 1 saturated heterocycles. The van der Waals surface area contributed by atoms with E-state index in [0.29, 0.717) is 49.9 Å². The van der Waals surface area contributed by atoms with Crippen molar-refractivity contribution in [3.05, 3.63) is 29.8 Å². The third kappa shape index (κ3) is 21.1. The third-order valence-corrected chi connectivity index (χ3v) is 14.5. The smallest absolute Gasteiger partial charge is 0.410 e. The number of anilines is 1. The molecule has 19 nitrogen and oxygen atoms in total. The molecular formula is C55H92N8O11. The van der Waals surface area contributed by atoms with Gasteiger partial charge in [0.25, 0.3) is 0 Å². The van der Waals surface area contributed by atoms with Crippen molar-refractivity contribution in [2.45, 2.75) is 183 Å². The molecule has 1 aromatic carbocycles. The van der Waals surface area contributed by atoms with Gasteiger partial charge in [0, 0.05) is 83.5 Å². The summed E-state index contributed by atoms with van der Waals surface area (Å²) in [4.78, 5) is 124. The summed E-state index contributed by atoms with van der Waals surface area (Å²) in [6, 6.07) is 3.90. The first-order valence-corrected chi connectivity index (χ1v) is 26.9. The number of Topliss-reactive ketones (excluding diaryl/α,β-unsaturated/α-hetero) is 3. The highest BCUT2D eigenvalue weighted by molar-refractivity contribution is 5.97. The molecule has 1 heterocycles. The van der Waals surface area contributed by atoms with Gasteiger partial charge < -0.3 is 51.6 Å². The fraction of sp³-hybridized carbons (Fsp3) is 0.727. The third-order valence-electron chi connectivity index (χ3n) is 14.5. The van der Waals surface area contributed by atoms with Gasteiger partial charge >= 0.3 is 12.1 Å². The van der Waals surface area contributed by atoms with Crippen LogP contribution in [-0.2, 0) is 49.6 Å². The minimum Gasteiger partial charge on any atom is -0.445 e. The van der Waals surface area contributed by atoms with Crippen LogP contribution < -0.4 is 27.4 Å². The van der Waals surface area contributed by atoms with Crippen LogP contribution in [-0.4, -0.2) is 139 Å². The Morgan fingerprint density at radius 2 is 1.46 bits per heavy atom. The van der Waals surface area contributed by atoms with Gasteiger partial charge in [-0.3, -0.25) is 33.6 Å². The number of carbonyl (C=O) groups excluding carboxylic acids is 9. The Morgan fingerprint density at radius 3 is 2.00 bits per heavy atom. The van der Waals surface area contributed by atoms with Crippen LogP contribution in [0.15, 0.2) is 24.3 Å². The van der Waals surface area contributed by atoms with E-state index < -0.39 is 54.1 Å². The molecule has 0 saturated carbocycles. The lowest BCUT2D eigenvalue weighted by molar-refractivity contribution is -0.148. The predicted molar refractivity (Wildman–Crippen MR) is 285 cm³/mol. The molecule has 0 aromatic heterocycles. The minimum atomic E-state index is -0.897. The molecule has 19 heteroatoms. The highest BCUT2D eigenvalue weighted by atomic mass is 16.6. The molecule has 0 spiro atoms. The highest BCUT2D eigenvalue weighted by Gasteiger charge is 2.41. The highest BCUT2D eigenvalue weighted by Crippen LogP contribution is 2.29. The van der Waals surface area contributed by atoms with Crippen LogP contribution in [0.3, 0.4) is 0 Å². The zero-order valence-electron chi connectivity index (χ0n) is 46.7. The molecule has 0 radical (unpaired) electrons. The number of primary amides is 1. The molecule has 7 N–H and O–H groups in total. The summed E-state index contributed by atoms with van der Waals surface area (Å²) >= 11 is 0. The van der Waals surface area contributed by atoms with Crippen molar-refractivity contribution < 1.29 is 52.6 Å². The minimum absolute atomic E-state index is 0.00286. The number of nitrogens with zero attached hydrogens (tertiary/aromatic N) is 3. The molecule has 418 valence electrons. The Balaban J connectivity index is 2.14. The average molecular weight is 1040 g/mol. The molecule has 8 atom stereocenters. The molecule has 2 rings (SSSR count). The van der Waals surface area contributed by atoms with Gasteiger partial charge in [-0.25, -0.2) is 9.59 Å². The summed E-state index contributed by atoms with van der Waals surface area (Å²) in [5.74, 6) is -3.91. The molecule has 0 aliphatic carbocycles. The Kier molecular flexibility index (Phi) is 28.7. The van der Waals surface area contributed by atoms with E-state index in [1.54, 1.807) is 43.3 Å². The first-order chi connectivity index (χ1) is 34.9. The summed E-state index contributed by atoms with van der Waals surface area (Å²) < 4.78 is 11.6. The van der Waals surface area contributed by atoms with Gasteiger partial charge in [-0.15, -0.1) is 0 Å². The normalized spacial score (nSPS) is 16.4. The second-order valence-corrected chi connectivity index (χ2v) is 21.3. The fourth-order valence-electron chi connectivity index (χ4n) is 9.86. The van der Waals surface area contributed by atoms with Crippen LogP contribution in [0.1, 0.15) is 151 Å². The predicted octanol–water partition coefficient (Wildman–Crippen LogP) is 6.38. The van der Waals surface area contributed by atoms with Crippen LogP contribution in [0.2, 0.25) is 0 Å². The monoisotopic (exact) mass is 1040 g/mol. The SMILES string of the molecule is CC[C@H](C)[C@@H]([C@@H](CC(=O)N1CCC[C@H]1C)OC)N(C)C(=O)[C@@H](CC(=O)C(C(C)C)N(C)C(=O)OCc1ccc(NC(=O)[C@H](CCCNC(N)=O)CC(=O)[C@@H](NC(=O)CCCCCC(=O)CN)C(C)C)cc1)C(C)C. The number of likely N-dealkylation sites (tertiary alicyclic amines) is 1. The van der Waals surface area contributed by atoms with Gasteiger partial charge in [0.05, 0.1) is 37.2 Å². The molecule has 7 amide bonds. The number of unbranched alkanes of at least 4 members (excludes halogenated alkanes) is 2. The molecule has 1 aliphatic heterocycles. The zero-order valence-corrected chi connectivity index (χ0v) is 46.7. The van der Waals surface area contributed by atoms with Crippen molar-refractivity contribution in [2.75, 3.05) is 46.2 Å². The Bertz CT molecular complexity index is 2000. The van der Waals surface area contributed by atoms with Crippen molar-refractivity contribution in [3.63, 3.8) is 0 Å². The number of methoxy groups -OCH3 is 1. The number of urea groups is 1. The fourth-order valence-corrected chi connectivity index (χ4v) is 9.86. The van der Waals surface area contributed by atoms with Crippen molar-refractivity contribution >= 4 is 58.8 Å². The number of rotatable bonds is 34. The number of nitrogens with one attached hydrogen (secondary N) is 3. The van der Waals surface area contributed by atoms with E-state index in [2.05, 4.69) is 16.0 Å². The standard InChI is InChI=1S/C55H92N8O11/c1-13-37(8)51(46(73-12)31-48(68)63-28-18-19-38(63)9)61(10)53(70)43(34(2)3)30-45(66)50(36(6)7)62(11)55(72)74-33-39-23-25-41(26-24-39)59-52(69)40(20-17-27-58-54(57)71)29-44(65)49(35(4)5)60-47(67)22-16-14-15-21-42(64)32-56/h23-26,34-38,40,43,46,49-51H,13-22,27-33,56H2,1-12H3,(H,59,69)(H,60,67)(H3,57,58,71)/t37-,38+,40+,43-,46+,49-,50?,51-/m0/s1. The van der Waals surface area contributed by atoms with Crippen molar-refractivity contribution in [1.82, 2.24) is 25.3 Å². The van der Waals surface area contributed by atoms with Crippen molar-refractivity contribution in [2.24, 2.45) is 47.0 Å². The lowest BCUT2D eigenvalue weighted by atomic mass is 9.83. The lowest BCUT2D eigenvalue weighted by Gasteiger charge is -2.40. The molecule has 1 aliphatic rings. The molecular weight excluding hydrogens is 949 g/mol. The van der Waals surface area contributed by atoms with E-state index in [9.17, 15) is 43.2 Å². The summed E-state index contributed by atoms with van der Waals surface area (Å²) in [5, 5.41) is 8.20. The van der Waals surface area contributed by atoms with Gasteiger partial charge in [-0.1, -0.05) is 80.4 Å². The number of carbonyl (C=O) groups is 9. The number of ether oxygens (including phenoxy) is 2. The maximum absolute atomic E-state index is 14.5. The topological polar surface area (TPSA) is 270 Å². The maximum atomic E-state index is 14.5. The Hall–Kier alpha value is -5.43. The number of amides is 7. The Morgan fingerprint density at radius 1 is 0.811 bits per heavy atom. The van der Waals surface area contributed by atoms with Gasteiger partial charge in [0.2, 0.25) is 23.6 Å². The molecule has 1 aromatic rings. The summed E-state index contributed by atoms with van der Waals surface area (Å²) in [6.45, 7) is 17.9. The van der Waals surface area contributed by atoms with Gasteiger partial charge in [0.1, 0.15) is 12.4 Å². The summed E-state index contributed by atoms with van der Waals surface area (Å²) in [7, 11) is 4.80. The van der Waals surface area contributed by atoms with E-state index in [0.717, 1.165) is 19.3 Å². The first kappa shape index (κ1) is 64.7. The second-order valence-electron chi connectivity index (χ2n) is 21.3. The lowest BCUT2D eigenvalue weighted by Crippen LogP contribution is -2.53. The summed E-state index contributed by atoms with van der Waals surface area (Å²) in [6.07, 6.45) is 4.18. The van der Waals surface area contributed by atoms with Gasteiger partial charge in [0.15, 0.2) is 11.6 Å². The largest absolute Gasteiger partial charge is 0.445 e. The number of hydrogen-bond acceptors (Lipinski definition) is 12. The summed E-state index contributed by atoms with van der Waals surface area (Å²) in [5.41, 5.74) is 11.6. The van der Waals surface area contributed by atoms with E-state index in [-0.39, 0.29) is 117 Å². The van der Waals surface area contributed by atoms with E-state index in [1.165, 1.54) is 11.9 Å². The first-order valence-electron chi connectivity index (χ1n) is 26.9. The van der Waals surface area contributed by atoms with Gasteiger partial charge in [-0.2, -0.15) is 0 Å². The van der Waals surface area contributed by atoms with E-state index >= 15 is 0 Å². The molecule has 74 heavy (non-hydrogen) atoms. The molecule has 1 fully saturated rings. The van der Waals surface area contributed by atoms with E-state index in [4.69, 9.17) is 20.9 Å². The molecule has 0 bridgehead atoms. The van der Waals surface area contributed by atoms with Crippen LogP contribution in [0, 0.1) is 35.5 Å². The number of nitrogens with two attached hydrogens (primary N) is 2. The Labute approximate surface area is 441 Å². The number of benzene rings is 1. The quantitative estimate of drug-likeness (QED) is 0.0471. The number of ketones is 3. The van der Waals surface area contributed by atoms with E-state index in [1.807, 2.05) is 67.2 Å². The van der Waals surface area contributed by atoms with Gasteiger partial charge in [-0.05, 0) is 86.8 Å². The maximum Gasteiger partial charge on any atom is 0.410 e. The average Bonchev–Trinajstić information content (AvgIpc) is 3.79. The zero-order chi connectivity index (χ0) is 55.8. The van der Waals surface area contributed by atoms with Crippen LogP contribution >= 0.6 is 0 Å². The van der Waals surface area contributed by atoms with Crippen LogP contribution in [0.5, 0.6) is 0 Å². The van der Waals surface area contributed by atoms with Crippen molar-refractivity contribution in [3.8, 4) is 0 Å².